The maximum atomic E-state index is 14.5. The number of methoxy groups -OCH3 is 1. The van der Waals surface area contributed by atoms with E-state index in [0.717, 1.165) is 70.7 Å². The lowest BCUT2D eigenvalue weighted by Crippen LogP contribution is -2.48. The molecule has 3 aromatic heterocycles. The van der Waals surface area contributed by atoms with Gasteiger partial charge in [0.15, 0.2) is 11.2 Å². The van der Waals surface area contributed by atoms with E-state index in [2.05, 4.69) is 9.88 Å². The number of hydrogen-bond donors (Lipinski definition) is 0. The van der Waals surface area contributed by atoms with Crippen LogP contribution in [0.4, 0.5) is 0 Å². The Morgan fingerprint density at radius 3 is 2.29 bits per heavy atom. The number of aromatic nitrogens is 3. The second kappa shape index (κ2) is 14.4. The first-order valence-electron chi connectivity index (χ1n) is 17.0. The second-order valence-corrected chi connectivity index (χ2v) is 16.3. The van der Waals surface area contributed by atoms with Crippen LogP contribution in [0.25, 0.3) is 32.7 Å². The summed E-state index contributed by atoms with van der Waals surface area (Å²) in [4.78, 5) is 12.7. The van der Waals surface area contributed by atoms with Gasteiger partial charge in [-0.1, -0.05) is 65.7 Å². The van der Waals surface area contributed by atoms with Gasteiger partial charge in [0, 0.05) is 43.0 Å². The lowest BCUT2D eigenvalue weighted by molar-refractivity contribution is -0.222. The Kier molecular flexibility index (Phi) is 9.64. The van der Waals surface area contributed by atoms with Crippen molar-refractivity contribution in [3.05, 3.63) is 118 Å². The van der Waals surface area contributed by atoms with Gasteiger partial charge in [-0.05, 0) is 53.9 Å². The van der Waals surface area contributed by atoms with Crippen molar-refractivity contribution in [1.29, 1.82) is 0 Å². The van der Waals surface area contributed by atoms with E-state index < -0.39 is 15.6 Å². The van der Waals surface area contributed by atoms with E-state index in [1.54, 1.807) is 37.6 Å². The molecule has 0 amide bonds. The zero-order valence-corrected chi connectivity index (χ0v) is 31.1. The van der Waals surface area contributed by atoms with Crippen molar-refractivity contribution >= 4 is 44.0 Å². The third-order valence-electron chi connectivity index (χ3n) is 9.55. The van der Waals surface area contributed by atoms with Gasteiger partial charge in [-0.25, -0.2) is 22.4 Å². The number of morpholine rings is 1. The Balaban J connectivity index is 1.19. The molecule has 52 heavy (non-hydrogen) atoms. The highest BCUT2D eigenvalue weighted by Gasteiger charge is 2.45. The molecule has 0 N–H and O–H groups in total. The van der Waals surface area contributed by atoms with Crippen LogP contribution in [-0.2, 0) is 43.0 Å². The largest absolute Gasteiger partial charge is 0.497 e. The minimum Gasteiger partial charge on any atom is -0.497 e. The van der Waals surface area contributed by atoms with Crippen molar-refractivity contribution in [3.8, 4) is 27.4 Å². The zero-order valence-electron chi connectivity index (χ0n) is 28.7. The van der Waals surface area contributed by atoms with E-state index in [4.69, 9.17) is 35.5 Å². The van der Waals surface area contributed by atoms with E-state index in [0.29, 0.717) is 41.5 Å². The first-order valence-corrected chi connectivity index (χ1v) is 19.6. The van der Waals surface area contributed by atoms with Gasteiger partial charge in [0.05, 0.1) is 60.6 Å². The third-order valence-corrected chi connectivity index (χ3v) is 12.8. The van der Waals surface area contributed by atoms with Crippen molar-refractivity contribution in [2.24, 2.45) is 0 Å². The highest BCUT2D eigenvalue weighted by Crippen LogP contribution is 2.45. The highest BCUT2D eigenvalue weighted by atomic mass is 35.5. The molecule has 0 unspecified atom stereocenters. The average Bonchev–Trinajstić information content (AvgIpc) is 3.79. The maximum Gasteiger partial charge on any atom is 0.269 e. The molecule has 10 nitrogen and oxygen atoms in total. The second-order valence-electron chi connectivity index (χ2n) is 13.1. The molecule has 0 saturated carbocycles. The number of pyridine rings is 1. The Labute approximate surface area is 311 Å². The van der Waals surface area contributed by atoms with Gasteiger partial charge >= 0.3 is 0 Å². The van der Waals surface area contributed by atoms with E-state index >= 15 is 0 Å². The fourth-order valence-electron chi connectivity index (χ4n) is 6.51. The fourth-order valence-corrected chi connectivity index (χ4v) is 9.40. The van der Waals surface area contributed by atoms with Gasteiger partial charge in [0.25, 0.3) is 10.0 Å². The molecule has 6 aromatic rings. The van der Waals surface area contributed by atoms with Crippen LogP contribution in [0.15, 0.2) is 96.2 Å². The molecule has 8 rings (SSSR count). The summed E-state index contributed by atoms with van der Waals surface area (Å²) in [5, 5.41) is 1.74. The molecule has 3 aromatic carbocycles. The normalized spacial score (nSPS) is 16.2. The summed E-state index contributed by atoms with van der Waals surface area (Å²) >= 11 is 8.38. The number of rotatable bonds is 11. The van der Waals surface area contributed by atoms with Crippen molar-refractivity contribution in [1.82, 2.24) is 18.8 Å². The molecule has 0 spiro atoms. The molecule has 268 valence electrons. The van der Waals surface area contributed by atoms with Crippen molar-refractivity contribution in [2.45, 2.75) is 30.6 Å². The lowest BCUT2D eigenvalue weighted by atomic mass is 10.0. The van der Waals surface area contributed by atoms with Crippen LogP contribution in [0.5, 0.6) is 5.75 Å². The molecule has 0 radical (unpaired) electrons. The van der Waals surface area contributed by atoms with Gasteiger partial charge in [-0.15, -0.1) is 11.3 Å². The Morgan fingerprint density at radius 2 is 1.62 bits per heavy atom. The number of ether oxygens (including phenoxy) is 4. The molecular formula is C39H37ClN4O6S2. The third kappa shape index (κ3) is 6.64. The number of fused-ring (bicyclic) bond motifs is 1. The molecular weight excluding hydrogens is 720 g/mol. The van der Waals surface area contributed by atoms with Crippen molar-refractivity contribution < 1.29 is 27.4 Å². The van der Waals surface area contributed by atoms with Crippen LogP contribution in [0.3, 0.4) is 0 Å². The molecule has 0 atom stereocenters. The van der Waals surface area contributed by atoms with Crippen LogP contribution in [0.1, 0.15) is 21.7 Å². The molecule has 0 bridgehead atoms. The molecule has 0 aliphatic carbocycles. The summed E-state index contributed by atoms with van der Waals surface area (Å²) in [5.41, 5.74) is 4.55. The number of halogens is 1. The van der Waals surface area contributed by atoms with Gasteiger partial charge in [-0.3, -0.25) is 4.90 Å². The number of thiazole rings is 1. The van der Waals surface area contributed by atoms with E-state index in [-0.39, 0.29) is 10.5 Å². The summed E-state index contributed by atoms with van der Waals surface area (Å²) in [6.07, 6.45) is 3.28. The summed E-state index contributed by atoms with van der Waals surface area (Å²) in [7, 11) is -2.44. The van der Waals surface area contributed by atoms with Crippen molar-refractivity contribution in [3.63, 3.8) is 0 Å². The topological polar surface area (TPSA) is 105 Å². The van der Waals surface area contributed by atoms with Crippen LogP contribution in [0, 0.1) is 6.92 Å². The predicted molar refractivity (Wildman–Crippen MR) is 201 cm³/mol. The SMILES string of the molecule is COc1ccc(COC2(c3ncc(-c4c(Cl)cnc5c4cc(-c4ccc(CN6CCOCC6)cc4)n5S(=O)(=O)c4ccc(C)cc4)s3)COC2)cc1. The number of hydrogen-bond acceptors (Lipinski definition) is 10. The predicted octanol–water partition coefficient (Wildman–Crippen LogP) is 7.31. The van der Waals surface area contributed by atoms with Crippen LogP contribution >= 0.6 is 22.9 Å². The summed E-state index contributed by atoms with van der Waals surface area (Å²) < 4.78 is 53.2. The van der Waals surface area contributed by atoms with Gasteiger partial charge in [-0.2, -0.15) is 0 Å². The smallest absolute Gasteiger partial charge is 0.269 e. The van der Waals surface area contributed by atoms with Crippen LogP contribution in [-0.4, -0.2) is 73.9 Å². The molecule has 2 saturated heterocycles. The first-order chi connectivity index (χ1) is 25.2. The lowest BCUT2D eigenvalue weighted by Gasteiger charge is -2.39. The average molecular weight is 757 g/mol. The van der Waals surface area contributed by atoms with Gasteiger partial charge in [0.2, 0.25) is 0 Å². The first kappa shape index (κ1) is 34.9. The molecule has 5 heterocycles. The Hall–Kier alpha value is -4.14. The standard InChI is InChI=1S/C39H37ClN4O6S2/c1-26-3-13-31(14-4-26)52(45,46)44-34(29-9-5-27(6-10-29)22-43-15-17-48-18-16-43)19-32-36(33(40)20-41-37(32)44)35-21-42-38(51-35)39(24-49-25-39)50-23-28-7-11-30(47-2)12-8-28/h3-14,19-21H,15-18,22-25H2,1-2H3. The van der Waals surface area contributed by atoms with Gasteiger partial charge in [0.1, 0.15) is 10.8 Å². The Morgan fingerprint density at radius 1 is 0.904 bits per heavy atom. The van der Waals surface area contributed by atoms with E-state index in [1.807, 2.05) is 61.5 Å². The summed E-state index contributed by atoms with van der Waals surface area (Å²) in [5.74, 6) is 0.778. The maximum absolute atomic E-state index is 14.5. The van der Waals surface area contributed by atoms with Crippen LogP contribution < -0.4 is 4.74 Å². The fraction of sp³-hybridized carbons (Fsp3) is 0.282. The molecule has 13 heteroatoms. The monoisotopic (exact) mass is 756 g/mol. The minimum absolute atomic E-state index is 0.167. The van der Waals surface area contributed by atoms with E-state index in [1.165, 1.54) is 21.5 Å². The molecule has 2 aliphatic rings. The quantitative estimate of drug-likeness (QED) is 0.135. The number of benzene rings is 3. The highest BCUT2D eigenvalue weighted by molar-refractivity contribution is 7.90. The molecule has 2 fully saturated rings. The summed E-state index contributed by atoms with van der Waals surface area (Å²) in [6.45, 7) is 7.02. The van der Waals surface area contributed by atoms with E-state index in [9.17, 15) is 8.42 Å². The minimum atomic E-state index is -4.08. The van der Waals surface area contributed by atoms with Crippen molar-refractivity contribution in [2.75, 3.05) is 46.6 Å². The molecule has 2 aliphatic heterocycles. The summed E-state index contributed by atoms with van der Waals surface area (Å²) in [6, 6.07) is 24.5. The number of aryl methyl sites for hydroxylation is 1. The zero-order chi connectivity index (χ0) is 35.9. The van der Waals surface area contributed by atoms with Gasteiger partial charge < -0.3 is 18.9 Å². The van der Waals surface area contributed by atoms with Crippen LogP contribution in [0.2, 0.25) is 5.02 Å². The number of nitrogens with zero attached hydrogens (tertiary/aromatic N) is 4. The Bertz CT molecular complexity index is 2310.